The summed E-state index contributed by atoms with van der Waals surface area (Å²) in [7, 11) is 0. The van der Waals surface area contributed by atoms with Crippen LogP contribution in [0.1, 0.15) is 46.1 Å². The average Bonchev–Trinajstić information content (AvgIpc) is 2.86. The van der Waals surface area contributed by atoms with Crippen molar-refractivity contribution in [2.45, 2.75) is 59.2 Å². The minimum atomic E-state index is -0.814. The molecule has 0 aliphatic heterocycles. The van der Waals surface area contributed by atoms with Gasteiger partial charge in [0.1, 0.15) is 23.7 Å². The molecule has 1 aromatic heterocycles. The Balaban J connectivity index is 1.98. The van der Waals surface area contributed by atoms with Crippen molar-refractivity contribution in [2.75, 3.05) is 11.9 Å². The van der Waals surface area contributed by atoms with Crippen molar-refractivity contribution >= 4 is 17.7 Å². The van der Waals surface area contributed by atoms with Crippen LogP contribution in [0, 0.1) is 0 Å². The van der Waals surface area contributed by atoms with E-state index in [1.165, 1.54) is 21.7 Å². The molecule has 0 bridgehead atoms. The molecule has 3 aromatic rings. The maximum Gasteiger partial charge on any atom is 0.412 e. The van der Waals surface area contributed by atoms with E-state index in [0.29, 0.717) is 24.1 Å². The van der Waals surface area contributed by atoms with Crippen LogP contribution in [0.25, 0.3) is 11.4 Å². The van der Waals surface area contributed by atoms with Crippen molar-refractivity contribution in [3.63, 3.8) is 0 Å². The zero-order chi connectivity index (χ0) is 27.9. The van der Waals surface area contributed by atoms with E-state index in [9.17, 15) is 24.6 Å². The number of amides is 2. The van der Waals surface area contributed by atoms with Crippen molar-refractivity contribution in [1.82, 2.24) is 14.5 Å². The van der Waals surface area contributed by atoms with Crippen LogP contribution >= 0.6 is 0 Å². The maximum atomic E-state index is 13.6. The number of phenolic OH excluding ortho intramolecular Hbond substituents is 2. The van der Waals surface area contributed by atoms with E-state index in [1.54, 1.807) is 57.2 Å². The van der Waals surface area contributed by atoms with Crippen LogP contribution in [0.5, 0.6) is 11.5 Å². The molecule has 202 valence electrons. The molecule has 3 rings (SSSR count). The average molecular weight is 523 g/mol. The van der Waals surface area contributed by atoms with E-state index in [0.717, 1.165) is 6.42 Å². The van der Waals surface area contributed by atoms with Gasteiger partial charge in [-0.1, -0.05) is 55.8 Å². The number of unbranched alkanes of at least 4 members (excludes halogenated alkanes) is 1. The zero-order valence-electron chi connectivity index (χ0n) is 22.1. The molecule has 0 saturated carbocycles. The molecule has 0 saturated heterocycles. The highest BCUT2D eigenvalue weighted by Crippen LogP contribution is 2.29. The zero-order valence-corrected chi connectivity index (χ0v) is 22.1. The van der Waals surface area contributed by atoms with E-state index < -0.39 is 23.2 Å². The van der Waals surface area contributed by atoms with Gasteiger partial charge in [-0.25, -0.2) is 9.78 Å². The standard InChI is InChI=1S/C28H34N4O6/c1-5-6-15-31(17-20-13-10-14-22(33)24(20)35)23(34)18-32-25(19-11-8-7-9-12-19)29-16-21(26(32)36)30-27(37)38-28(2,3)4/h7-14,16,33,35H,5-6,15,17-18H2,1-4H3,(H,30,37). The second kappa shape index (κ2) is 12.3. The predicted octanol–water partition coefficient (Wildman–Crippen LogP) is 4.50. The summed E-state index contributed by atoms with van der Waals surface area (Å²) in [6.45, 7) is 7.16. The Morgan fingerprint density at radius 2 is 1.79 bits per heavy atom. The molecule has 0 radical (unpaired) electrons. The number of benzene rings is 2. The Morgan fingerprint density at radius 3 is 2.45 bits per heavy atom. The molecule has 0 atom stereocenters. The third-order valence-electron chi connectivity index (χ3n) is 5.60. The van der Waals surface area contributed by atoms with Crippen molar-refractivity contribution in [3.8, 4) is 22.9 Å². The fraction of sp³-hybridized carbons (Fsp3) is 0.357. The summed E-state index contributed by atoms with van der Waals surface area (Å²) in [5.41, 5.74) is -0.519. The molecule has 10 nitrogen and oxygen atoms in total. The molecule has 2 aromatic carbocycles. The van der Waals surface area contributed by atoms with Gasteiger partial charge in [0.25, 0.3) is 5.56 Å². The lowest BCUT2D eigenvalue weighted by molar-refractivity contribution is -0.132. The number of carbonyl (C=O) groups excluding carboxylic acids is 2. The number of carbonyl (C=O) groups is 2. The molecule has 0 fully saturated rings. The molecule has 0 aliphatic carbocycles. The van der Waals surface area contributed by atoms with Gasteiger partial charge in [0.05, 0.1) is 6.20 Å². The summed E-state index contributed by atoms with van der Waals surface area (Å²) < 4.78 is 6.47. The fourth-order valence-corrected chi connectivity index (χ4v) is 3.74. The quantitative estimate of drug-likeness (QED) is 0.352. The highest BCUT2D eigenvalue weighted by molar-refractivity contribution is 5.84. The number of rotatable bonds is 9. The normalized spacial score (nSPS) is 11.2. The monoisotopic (exact) mass is 522 g/mol. The van der Waals surface area contributed by atoms with Crippen molar-refractivity contribution in [2.24, 2.45) is 0 Å². The lowest BCUT2D eigenvalue weighted by Gasteiger charge is -2.24. The highest BCUT2D eigenvalue weighted by Gasteiger charge is 2.23. The van der Waals surface area contributed by atoms with Crippen LogP contribution in [0.2, 0.25) is 0 Å². The maximum absolute atomic E-state index is 13.6. The number of aromatic nitrogens is 2. The Hall–Kier alpha value is -4.34. The Morgan fingerprint density at radius 1 is 1.08 bits per heavy atom. The van der Waals surface area contributed by atoms with Crippen LogP contribution in [0.3, 0.4) is 0 Å². The number of phenols is 2. The van der Waals surface area contributed by atoms with Gasteiger partial charge in [0.15, 0.2) is 11.5 Å². The van der Waals surface area contributed by atoms with Crippen molar-refractivity contribution in [1.29, 1.82) is 0 Å². The van der Waals surface area contributed by atoms with Gasteiger partial charge >= 0.3 is 6.09 Å². The molecule has 3 N–H and O–H groups in total. The third kappa shape index (κ3) is 7.34. The van der Waals surface area contributed by atoms with E-state index in [4.69, 9.17) is 4.74 Å². The number of nitrogens with one attached hydrogen (secondary N) is 1. The number of aromatic hydroxyl groups is 2. The number of hydrogen-bond acceptors (Lipinski definition) is 7. The van der Waals surface area contributed by atoms with Gasteiger partial charge in [-0.3, -0.25) is 19.5 Å². The second-order valence-corrected chi connectivity index (χ2v) is 9.83. The highest BCUT2D eigenvalue weighted by atomic mass is 16.6. The predicted molar refractivity (Wildman–Crippen MR) is 144 cm³/mol. The smallest absolute Gasteiger partial charge is 0.412 e. The Kier molecular flexibility index (Phi) is 9.11. The van der Waals surface area contributed by atoms with Crippen LogP contribution < -0.4 is 10.9 Å². The summed E-state index contributed by atoms with van der Waals surface area (Å²) in [5.74, 6) is -0.710. The van der Waals surface area contributed by atoms with Crippen molar-refractivity contribution < 1.29 is 24.5 Å². The fourth-order valence-electron chi connectivity index (χ4n) is 3.74. The molecule has 0 spiro atoms. The first-order valence-electron chi connectivity index (χ1n) is 12.4. The van der Waals surface area contributed by atoms with E-state index in [-0.39, 0.29) is 36.1 Å². The first-order chi connectivity index (χ1) is 18.0. The second-order valence-electron chi connectivity index (χ2n) is 9.83. The Bertz CT molecular complexity index is 1330. The summed E-state index contributed by atoms with van der Waals surface area (Å²) >= 11 is 0. The summed E-state index contributed by atoms with van der Waals surface area (Å²) in [5, 5.41) is 22.6. The molecule has 2 amide bonds. The molecule has 38 heavy (non-hydrogen) atoms. The summed E-state index contributed by atoms with van der Waals surface area (Å²) in [4.78, 5) is 45.3. The number of ether oxygens (including phenoxy) is 1. The van der Waals surface area contributed by atoms with Gasteiger partial charge in [-0.2, -0.15) is 0 Å². The number of anilines is 1. The Labute approximate surface area is 221 Å². The number of hydrogen-bond donors (Lipinski definition) is 3. The molecule has 1 heterocycles. The van der Waals surface area contributed by atoms with Crippen LogP contribution in [0.4, 0.5) is 10.5 Å². The van der Waals surface area contributed by atoms with E-state index in [2.05, 4.69) is 10.3 Å². The van der Waals surface area contributed by atoms with Gasteiger partial charge in [0, 0.05) is 24.2 Å². The molecule has 0 unspecified atom stereocenters. The minimum Gasteiger partial charge on any atom is -0.504 e. The SMILES string of the molecule is CCCCN(Cc1cccc(O)c1O)C(=O)Cn1c(-c2ccccc2)ncc(NC(=O)OC(C)(C)C)c1=O. The van der Waals surface area contributed by atoms with Gasteiger partial charge in [-0.15, -0.1) is 0 Å². The van der Waals surface area contributed by atoms with Crippen LogP contribution in [-0.4, -0.2) is 48.8 Å². The number of nitrogens with zero attached hydrogens (tertiary/aromatic N) is 3. The first kappa shape index (κ1) is 28.2. The molecule has 10 heteroatoms. The topological polar surface area (TPSA) is 134 Å². The van der Waals surface area contributed by atoms with Crippen LogP contribution in [0.15, 0.2) is 59.5 Å². The van der Waals surface area contributed by atoms with E-state index in [1.807, 2.05) is 13.0 Å². The lowest BCUT2D eigenvalue weighted by Crippen LogP contribution is -2.38. The van der Waals surface area contributed by atoms with Gasteiger partial charge < -0.3 is 19.8 Å². The molecular weight excluding hydrogens is 488 g/mol. The summed E-state index contributed by atoms with van der Waals surface area (Å²) in [6, 6.07) is 13.5. The van der Waals surface area contributed by atoms with Crippen LogP contribution in [-0.2, 0) is 22.6 Å². The first-order valence-corrected chi connectivity index (χ1v) is 12.4. The summed E-state index contributed by atoms with van der Waals surface area (Å²) in [6.07, 6.45) is 1.95. The van der Waals surface area contributed by atoms with Crippen molar-refractivity contribution in [3.05, 3.63) is 70.6 Å². The molecule has 0 aliphatic rings. The van der Waals surface area contributed by atoms with Gasteiger partial charge in [0.2, 0.25) is 5.91 Å². The van der Waals surface area contributed by atoms with E-state index >= 15 is 0 Å². The minimum absolute atomic E-state index is 0.0394. The van der Waals surface area contributed by atoms with Gasteiger partial charge in [-0.05, 0) is 33.3 Å². The third-order valence-corrected chi connectivity index (χ3v) is 5.60. The number of para-hydroxylation sites is 1. The molecular formula is C28H34N4O6. The largest absolute Gasteiger partial charge is 0.504 e. The lowest BCUT2D eigenvalue weighted by atomic mass is 10.1.